The van der Waals surface area contributed by atoms with Crippen molar-refractivity contribution in [3.05, 3.63) is 101 Å². The highest BCUT2D eigenvalue weighted by Gasteiger charge is 2.42. The van der Waals surface area contributed by atoms with Gasteiger partial charge in [0, 0.05) is 22.7 Å². The van der Waals surface area contributed by atoms with Crippen LogP contribution in [0.15, 0.2) is 72.8 Å². The van der Waals surface area contributed by atoms with Gasteiger partial charge in [-0.1, -0.05) is 66.7 Å². The molecule has 4 aromatic rings. The topological polar surface area (TPSA) is 12.9 Å². The second-order valence-electron chi connectivity index (χ2n) is 7.20. The van der Waals surface area contributed by atoms with Crippen LogP contribution in [0, 0.1) is 6.92 Å². The van der Waals surface area contributed by atoms with Gasteiger partial charge in [0.1, 0.15) is 0 Å². The Kier molecular flexibility index (Phi) is 3.60. The number of halogens is 3. The van der Waals surface area contributed by atoms with E-state index >= 15 is 0 Å². The lowest BCUT2D eigenvalue weighted by atomic mass is 9.86. The van der Waals surface area contributed by atoms with Crippen molar-refractivity contribution in [3.8, 4) is 11.3 Å². The number of alkyl halides is 3. The Morgan fingerprint density at radius 1 is 0.821 bits per heavy atom. The van der Waals surface area contributed by atoms with E-state index in [1.165, 1.54) is 6.07 Å². The molecular weight excluding hydrogens is 359 g/mol. The molecule has 1 nitrogen and oxygen atoms in total. The number of fused-ring (bicyclic) bond motifs is 4. The molecule has 1 heterocycles. The summed E-state index contributed by atoms with van der Waals surface area (Å²) < 4.78 is 41.9. The highest BCUT2D eigenvalue weighted by atomic mass is 19.4. The number of pyridine rings is 1. The number of hydrogen-bond donors (Lipinski definition) is 0. The van der Waals surface area contributed by atoms with Gasteiger partial charge >= 0.3 is 6.18 Å². The summed E-state index contributed by atoms with van der Waals surface area (Å²) in [5.74, 6) is -0.486. The fourth-order valence-electron chi connectivity index (χ4n) is 4.27. The van der Waals surface area contributed by atoms with E-state index in [2.05, 4.69) is 4.98 Å². The fraction of sp³-hybridized carbons (Fsp3) is 0.125. The summed E-state index contributed by atoms with van der Waals surface area (Å²) in [6, 6.07) is 22.4. The summed E-state index contributed by atoms with van der Waals surface area (Å²) in [5.41, 5.74) is 2.99. The second kappa shape index (κ2) is 5.93. The molecule has 1 atom stereocenters. The molecule has 0 N–H and O–H groups in total. The van der Waals surface area contributed by atoms with Gasteiger partial charge in [-0.25, -0.2) is 0 Å². The average molecular weight is 375 g/mol. The summed E-state index contributed by atoms with van der Waals surface area (Å²) in [4.78, 5) is 4.51. The molecule has 1 unspecified atom stereocenters. The summed E-state index contributed by atoms with van der Waals surface area (Å²) in [7, 11) is 0. The molecule has 28 heavy (non-hydrogen) atoms. The first-order valence-electron chi connectivity index (χ1n) is 9.10. The minimum Gasteiger partial charge on any atom is -0.253 e. The smallest absolute Gasteiger partial charge is 0.253 e. The first kappa shape index (κ1) is 17.0. The van der Waals surface area contributed by atoms with Gasteiger partial charge in [0.25, 0.3) is 0 Å². The van der Waals surface area contributed by atoms with Crippen molar-refractivity contribution < 1.29 is 13.2 Å². The first-order valence-corrected chi connectivity index (χ1v) is 9.10. The summed E-state index contributed by atoms with van der Waals surface area (Å²) in [5, 5.41) is 2.08. The maximum Gasteiger partial charge on any atom is 0.416 e. The number of benzene rings is 3. The number of hydrogen-bond acceptors (Lipinski definition) is 1. The van der Waals surface area contributed by atoms with E-state index in [0.717, 1.165) is 27.5 Å². The standard InChI is InChI=1S/C24H16F3N/c1-14-12-20(24(25,26)27)22-21(18-8-4-5-9-19(18)23(22)28-14)17-11-10-15-6-2-3-7-16(15)13-17/h2-13,21H,1H3. The van der Waals surface area contributed by atoms with Crippen molar-refractivity contribution in [1.29, 1.82) is 0 Å². The van der Waals surface area contributed by atoms with Crippen molar-refractivity contribution in [1.82, 2.24) is 4.98 Å². The zero-order valence-corrected chi connectivity index (χ0v) is 15.1. The Morgan fingerprint density at radius 3 is 2.32 bits per heavy atom. The van der Waals surface area contributed by atoms with Crippen molar-refractivity contribution in [2.24, 2.45) is 0 Å². The van der Waals surface area contributed by atoms with Crippen molar-refractivity contribution in [2.75, 3.05) is 0 Å². The lowest BCUT2D eigenvalue weighted by molar-refractivity contribution is -0.138. The van der Waals surface area contributed by atoms with Gasteiger partial charge in [0.2, 0.25) is 0 Å². The third-order valence-electron chi connectivity index (χ3n) is 5.41. The predicted molar refractivity (Wildman–Crippen MR) is 104 cm³/mol. The van der Waals surface area contributed by atoms with Gasteiger partial charge in [-0.3, -0.25) is 4.98 Å². The molecule has 0 saturated carbocycles. The third kappa shape index (κ3) is 2.52. The molecule has 0 spiro atoms. The molecule has 1 aromatic heterocycles. The fourth-order valence-corrected chi connectivity index (χ4v) is 4.27. The van der Waals surface area contributed by atoms with Gasteiger partial charge in [-0.15, -0.1) is 0 Å². The molecule has 0 bridgehead atoms. The molecule has 0 aliphatic heterocycles. The molecule has 5 rings (SSSR count). The van der Waals surface area contributed by atoms with Gasteiger partial charge < -0.3 is 0 Å². The zero-order valence-electron chi connectivity index (χ0n) is 15.1. The normalized spacial score (nSPS) is 15.5. The molecule has 4 heteroatoms. The Balaban J connectivity index is 1.84. The van der Waals surface area contributed by atoms with Gasteiger partial charge in [0.15, 0.2) is 0 Å². The quantitative estimate of drug-likeness (QED) is 0.317. The zero-order chi connectivity index (χ0) is 19.5. The molecule has 0 saturated heterocycles. The van der Waals surface area contributed by atoms with Crippen LogP contribution in [0.5, 0.6) is 0 Å². The lowest BCUT2D eigenvalue weighted by Crippen LogP contribution is -2.13. The number of nitrogens with zero attached hydrogens (tertiary/aromatic N) is 1. The average Bonchev–Trinajstić information content (AvgIpc) is 3.00. The molecule has 0 radical (unpaired) electrons. The summed E-state index contributed by atoms with van der Waals surface area (Å²) in [6.07, 6.45) is -4.44. The third-order valence-corrected chi connectivity index (χ3v) is 5.41. The van der Waals surface area contributed by atoms with Crippen LogP contribution in [-0.4, -0.2) is 4.98 Å². The molecule has 0 amide bonds. The Bertz CT molecular complexity index is 1220. The monoisotopic (exact) mass is 375 g/mol. The maximum atomic E-state index is 14.0. The van der Waals surface area contributed by atoms with Gasteiger partial charge in [0.05, 0.1) is 11.3 Å². The maximum absolute atomic E-state index is 14.0. The van der Waals surface area contributed by atoms with E-state index in [1.54, 1.807) is 6.92 Å². The Labute approximate surface area is 160 Å². The van der Waals surface area contributed by atoms with Gasteiger partial charge in [-0.2, -0.15) is 13.2 Å². The molecule has 3 aromatic carbocycles. The highest BCUT2D eigenvalue weighted by Crippen LogP contribution is 2.51. The number of rotatable bonds is 1. The van der Waals surface area contributed by atoms with E-state index in [-0.39, 0.29) is 5.56 Å². The van der Waals surface area contributed by atoms with Crippen LogP contribution in [0.3, 0.4) is 0 Å². The largest absolute Gasteiger partial charge is 0.416 e. The predicted octanol–water partition coefficient (Wildman–Crippen LogP) is 6.72. The molecule has 0 fully saturated rings. The number of aryl methyl sites for hydroxylation is 1. The molecule has 138 valence electrons. The van der Waals surface area contributed by atoms with Gasteiger partial charge in [-0.05, 0) is 34.9 Å². The Morgan fingerprint density at radius 2 is 1.54 bits per heavy atom. The SMILES string of the molecule is Cc1cc(C(F)(F)F)c2c(n1)-c1ccccc1C2c1ccc2ccccc2c1. The van der Waals surface area contributed by atoms with E-state index in [4.69, 9.17) is 0 Å². The highest BCUT2D eigenvalue weighted by molar-refractivity contribution is 5.85. The molecule has 1 aliphatic carbocycles. The first-order chi connectivity index (χ1) is 13.4. The van der Waals surface area contributed by atoms with Crippen LogP contribution in [-0.2, 0) is 6.18 Å². The lowest BCUT2D eigenvalue weighted by Gasteiger charge is -2.20. The van der Waals surface area contributed by atoms with E-state index < -0.39 is 17.7 Å². The van der Waals surface area contributed by atoms with Crippen LogP contribution in [0.25, 0.3) is 22.0 Å². The van der Waals surface area contributed by atoms with Crippen molar-refractivity contribution in [2.45, 2.75) is 19.0 Å². The van der Waals surface area contributed by atoms with Crippen LogP contribution >= 0.6 is 0 Å². The minimum atomic E-state index is -4.44. The molecular formula is C24H16F3N. The van der Waals surface area contributed by atoms with Crippen LogP contribution in [0.2, 0.25) is 0 Å². The number of aromatic nitrogens is 1. The summed E-state index contributed by atoms with van der Waals surface area (Å²) >= 11 is 0. The summed E-state index contributed by atoms with van der Waals surface area (Å²) in [6.45, 7) is 1.61. The Hall–Kier alpha value is -3.14. The van der Waals surface area contributed by atoms with E-state index in [0.29, 0.717) is 11.4 Å². The second-order valence-corrected chi connectivity index (χ2v) is 7.20. The van der Waals surface area contributed by atoms with Crippen LogP contribution < -0.4 is 0 Å². The van der Waals surface area contributed by atoms with Crippen LogP contribution in [0.1, 0.15) is 33.9 Å². The van der Waals surface area contributed by atoms with Crippen molar-refractivity contribution >= 4 is 10.8 Å². The molecule has 1 aliphatic rings. The van der Waals surface area contributed by atoms with E-state index in [9.17, 15) is 13.2 Å². The van der Waals surface area contributed by atoms with Crippen molar-refractivity contribution in [3.63, 3.8) is 0 Å². The van der Waals surface area contributed by atoms with Crippen LogP contribution in [0.4, 0.5) is 13.2 Å². The minimum absolute atomic E-state index is 0.259. The van der Waals surface area contributed by atoms with E-state index in [1.807, 2.05) is 66.7 Å².